The molecule has 0 bridgehead atoms. The number of halogens is 1. The van der Waals surface area contributed by atoms with E-state index in [4.69, 9.17) is 11.6 Å². The standard InChI is InChI=1S/C14H23ClN4O2S/c1-10(2)22(20,21)16-9-11-3-5-12(6-4-11)17-14-8-7-13(15)18-19-14/h7-8,10-12,16H,3-6,9H2,1-2H3,(H,17,19). The normalized spacial score (nSPS) is 22.7. The molecule has 0 saturated heterocycles. The van der Waals surface area contributed by atoms with Gasteiger partial charge in [-0.05, 0) is 57.6 Å². The summed E-state index contributed by atoms with van der Waals surface area (Å²) >= 11 is 5.71. The minimum Gasteiger partial charge on any atom is -0.366 e. The number of anilines is 1. The first-order valence-corrected chi connectivity index (χ1v) is 9.53. The van der Waals surface area contributed by atoms with E-state index in [-0.39, 0.29) is 5.25 Å². The highest BCUT2D eigenvalue weighted by molar-refractivity contribution is 7.90. The first kappa shape index (κ1) is 17.4. The Kier molecular flexibility index (Phi) is 6.00. The van der Waals surface area contributed by atoms with E-state index in [0.717, 1.165) is 31.5 Å². The maximum absolute atomic E-state index is 11.8. The van der Waals surface area contributed by atoms with E-state index >= 15 is 0 Å². The van der Waals surface area contributed by atoms with Crippen LogP contribution < -0.4 is 10.0 Å². The van der Waals surface area contributed by atoms with Crippen molar-refractivity contribution in [3.05, 3.63) is 17.3 Å². The van der Waals surface area contributed by atoms with Gasteiger partial charge in [0.15, 0.2) is 5.15 Å². The topological polar surface area (TPSA) is 84.0 Å². The van der Waals surface area contributed by atoms with Crippen LogP contribution in [0.1, 0.15) is 39.5 Å². The Morgan fingerprint density at radius 3 is 2.45 bits per heavy atom. The molecular weight excluding hydrogens is 324 g/mol. The fraction of sp³-hybridized carbons (Fsp3) is 0.714. The second-order valence-corrected chi connectivity index (χ2v) is 8.75. The molecule has 0 radical (unpaired) electrons. The SMILES string of the molecule is CC(C)S(=O)(=O)NCC1CCC(Nc2ccc(Cl)nn2)CC1. The van der Waals surface area contributed by atoms with E-state index in [1.807, 2.05) is 6.07 Å². The maximum Gasteiger partial charge on any atom is 0.213 e. The molecule has 1 heterocycles. The van der Waals surface area contributed by atoms with Crippen molar-refractivity contribution < 1.29 is 8.42 Å². The molecule has 1 aliphatic carbocycles. The van der Waals surface area contributed by atoms with Crippen molar-refractivity contribution in [2.45, 2.75) is 50.8 Å². The van der Waals surface area contributed by atoms with Crippen LogP contribution in [0, 0.1) is 5.92 Å². The van der Waals surface area contributed by atoms with Crippen LogP contribution in [0.2, 0.25) is 5.15 Å². The molecule has 2 N–H and O–H groups in total. The van der Waals surface area contributed by atoms with Crippen LogP contribution in [0.15, 0.2) is 12.1 Å². The minimum atomic E-state index is -3.16. The molecule has 1 aromatic heterocycles. The van der Waals surface area contributed by atoms with E-state index in [1.165, 1.54) is 0 Å². The zero-order valence-corrected chi connectivity index (χ0v) is 14.5. The van der Waals surface area contributed by atoms with Gasteiger partial charge in [0.25, 0.3) is 0 Å². The summed E-state index contributed by atoms with van der Waals surface area (Å²) in [5.41, 5.74) is 0. The Bertz CT molecular complexity index is 569. The Balaban J connectivity index is 1.75. The van der Waals surface area contributed by atoms with Crippen LogP contribution in [0.25, 0.3) is 0 Å². The summed E-state index contributed by atoms with van der Waals surface area (Å²) in [5, 5.41) is 11.2. The highest BCUT2D eigenvalue weighted by atomic mass is 35.5. The first-order chi connectivity index (χ1) is 10.4. The molecule has 124 valence electrons. The van der Waals surface area contributed by atoms with Crippen molar-refractivity contribution in [1.29, 1.82) is 0 Å². The van der Waals surface area contributed by atoms with Gasteiger partial charge < -0.3 is 5.32 Å². The Hall–Kier alpha value is -0.920. The average molecular weight is 347 g/mol. The minimum absolute atomic E-state index is 0.355. The lowest BCUT2D eigenvalue weighted by molar-refractivity contribution is 0.336. The zero-order valence-electron chi connectivity index (χ0n) is 12.9. The molecule has 0 aromatic carbocycles. The molecule has 1 fully saturated rings. The molecule has 8 heteroatoms. The van der Waals surface area contributed by atoms with E-state index in [2.05, 4.69) is 20.2 Å². The molecule has 1 saturated carbocycles. The van der Waals surface area contributed by atoms with Gasteiger partial charge in [0, 0.05) is 12.6 Å². The van der Waals surface area contributed by atoms with Crippen LogP contribution >= 0.6 is 11.6 Å². The number of nitrogens with zero attached hydrogens (tertiary/aromatic N) is 2. The molecule has 1 aliphatic rings. The summed E-state index contributed by atoms with van der Waals surface area (Å²) in [6.07, 6.45) is 4.00. The summed E-state index contributed by atoms with van der Waals surface area (Å²) in [5.74, 6) is 1.14. The molecule has 2 rings (SSSR count). The fourth-order valence-electron chi connectivity index (χ4n) is 2.51. The molecule has 6 nitrogen and oxygen atoms in total. The van der Waals surface area contributed by atoms with E-state index in [9.17, 15) is 8.42 Å². The lowest BCUT2D eigenvalue weighted by Crippen LogP contribution is -2.37. The number of rotatable bonds is 6. The van der Waals surface area contributed by atoms with Crippen LogP contribution in [-0.4, -0.2) is 36.5 Å². The summed E-state index contributed by atoms with van der Waals surface area (Å²) < 4.78 is 26.2. The molecule has 0 unspecified atom stereocenters. The van der Waals surface area contributed by atoms with Gasteiger partial charge in [-0.15, -0.1) is 10.2 Å². The number of hydrogen-bond donors (Lipinski definition) is 2. The van der Waals surface area contributed by atoms with Crippen molar-refractivity contribution >= 4 is 27.4 Å². The Morgan fingerprint density at radius 1 is 1.23 bits per heavy atom. The molecule has 22 heavy (non-hydrogen) atoms. The van der Waals surface area contributed by atoms with Crippen molar-refractivity contribution in [2.75, 3.05) is 11.9 Å². The van der Waals surface area contributed by atoms with Gasteiger partial charge in [-0.3, -0.25) is 0 Å². The third-order valence-electron chi connectivity index (χ3n) is 4.02. The quantitative estimate of drug-likeness (QED) is 0.826. The maximum atomic E-state index is 11.8. The average Bonchev–Trinajstić information content (AvgIpc) is 2.49. The van der Waals surface area contributed by atoms with Crippen molar-refractivity contribution in [1.82, 2.24) is 14.9 Å². The zero-order chi connectivity index (χ0) is 16.2. The van der Waals surface area contributed by atoms with Crippen LogP contribution in [0.4, 0.5) is 5.82 Å². The Labute approximate surface area is 137 Å². The molecule has 0 amide bonds. The highest BCUT2D eigenvalue weighted by Gasteiger charge is 2.23. The van der Waals surface area contributed by atoms with Crippen LogP contribution in [-0.2, 0) is 10.0 Å². The number of nitrogens with one attached hydrogen (secondary N) is 2. The van der Waals surface area contributed by atoms with E-state index in [1.54, 1.807) is 19.9 Å². The van der Waals surface area contributed by atoms with Gasteiger partial charge in [0.2, 0.25) is 10.0 Å². The summed E-state index contributed by atoms with van der Waals surface area (Å²) in [4.78, 5) is 0. The molecule has 0 atom stereocenters. The second-order valence-electron chi connectivity index (χ2n) is 6.05. The predicted octanol–water partition coefficient (Wildman–Crippen LogP) is 2.43. The van der Waals surface area contributed by atoms with E-state index in [0.29, 0.717) is 23.7 Å². The predicted molar refractivity (Wildman–Crippen MR) is 88.5 cm³/mol. The number of hydrogen-bond acceptors (Lipinski definition) is 5. The Morgan fingerprint density at radius 2 is 1.91 bits per heavy atom. The summed E-state index contributed by atoms with van der Waals surface area (Å²) in [6.45, 7) is 3.92. The molecular formula is C14H23ClN4O2S. The smallest absolute Gasteiger partial charge is 0.213 e. The number of aromatic nitrogens is 2. The molecule has 1 aromatic rings. The fourth-order valence-corrected chi connectivity index (χ4v) is 3.42. The summed E-state index contributed by atoms with van der Waals surface area (Å²) in [7, 11) is -3.16. The van der Waals surface area contributed by atoms with Crippen LogP contribution in [0.5, 0.6) is 0 Å². The van der Waals surface area contributed by atoms with Gasteiger partial charge >= 0.3 is 0 Å². The second kappa shape index (κ2) is 7.57. The molecule has 0 aliphatic heterocycles. The third-order valence-corrected chi connectivity index (χ3v) is 6.04. The van der Waals surface area contributed by atoms with Gasteiger partial charge in [-0.1, -0.05) is 11.6 Å². The largest absolute Gasteiger partial charge is 0.366 e. The van der Waals surface area contributed by atoms with Crippen molar-refractivity contribution in [2.24, 2.45) is 5.92 Å². The first-order valence-electron chi connectivity index (χ1n) is 7.61. The van der Waals surface area contributed by atoms with Gasteiger partial charge in [0.05, 0.1) is 5.25 Å². The van der Waals surface area contributed by atoms with Crippen molar-refractivity contribution in [3.63, 3.8) is 0 Å². The van der Waals surface area contributed by atoms with Crippen LogP contribution in [0.3, 0.4) is 0 Å². The summed E-state index contributed by atoms with van der Waals surface area (Å²) in [6, 6.07) is 3.88. The van der Waals surface area contributed by atoms with Crippen molar-refractivity contribution in [3.8, 4) is 0 Å². The molecule has 0 spiro atoms. The lowest BCUT2D eigenvalue weighted by Gasteiger charge is -2.29. The monoisotopic (exact) mass is 346 g/mol. The van der Waals surface area contributed by atoms with E-state index < -0.39 is 10.0 Å². The van der Waals surface area contributed by atoms with Gasteiger partial charge in [0.1, 0.15) is 5.82 Å². The third kappa shape index (κ3) is 5.07. The lowest BCUT2D eigenvalue weighted by atomic mass is 9.86. The van der Waals surface area contributed by atoms with Gasteiger partial charge in [-0.25, -0.2) is 13.1 Å². The number of sulfonamides is 1. The highest BCUT2D eigenvalue weighted by Crippen LogP contribution is 2.26. The van der Waals surface area contributed by atoms with Gasteiger partial charge in [-0.2, -0.15) is 0 Å².